The molecule has 0 atom stereocenters. The topological polar surface area (TPSA) is 72.2 Å². The van der Waals surface area contributed by atoms with Gasteiger partial charge in [0.05, 0.1) is 22.1 Å². The third kappa shape index (κ3) is 2.58. The van der Waals surface area contributed by atoms with E-state index in [2.05, 4.69) is 5.32 Å². The minimum Gasteiger partial charge on any atom is -0.345 e. The first kappa shape index (κ1) is 14.6. The van der Waals surface area contributed by atoms with Gasteiger partial charge >= 0.3 is 5.69 Å². The van der Waals surface area contributed by atoms with Gasteiger partial charge in [-0.15, -0.1) is 11.6 Å². The van der Waals surface area contributed by atoms with E-state index in [1.165, 1.54) is 0 Å². The van der Waals surface area contributed by atoms with Crippen LogP contribution in [-0.4, -0.2) is 22.2 Å². The summed E-state index contributed by atoms with van der Waals surface area (Å²) in [5.41, 5.74) is -2.39. The van der Waals surface area contributed by atoms with Gasteiger partial charge in [-0.05, 0) is 25.3 Å². The van der Waals surface area contributed by atoms with E-state index in [1.807, 2.05) is 0 Å². The number of rotatable bonds is 4. The second kappa shape index (κ2) is 5.32. The third-order valence-electron chi connectivity index (χ3n) is 3.40. The Hall–Kier alpha value is -1.76. The molecular weight excluding hydrogens is 294 g/mol. The quantitative estimate of drug-likeness (QED) is 0.528. The number of carbonyl (C=O) groups is 1. The minimum absolute atomic E-state index is 0.151. The van der Waals surface area contributed by atoms with Crippen molar-refractivity contribution in [1.82, 2.24) is 5.32 Å². The van der Waals surface area contributed by atoms with E-state index in [9.17, 15) is 23.7 Å². The summed E-state index contributed by atoms with van der Waals surface area (Å²) in [4.78, 5) is 21.5. The van der Waals surface area contributed by atoms with E-state index in [0.717, 1.165) is 6.42 Å². The van der Waals surface area contributed by atoms with Crippen LogP contribution in [-0.2, 0) is 0 Å². The van der Waals surface area contributed by atoms with Crippen molar-refractivity contribution in [2.45, 2.75) is 24.8 Å². The average molecular weight is 305 g/mol. The normalized spacial score (nSPS) is 16.4. The van der Waals surface area contributed by atoms with Gasteiger partial charge in [0.1, 0.15) is 5.82 Å². The van der Waals surface area contributed by atoms with Gasteiger partial charge in [0, 0.05) is 5.88 Å². The molecular formula is C12H11ClF2N2O3. The largest absolute Gasteiger partial charge is 0.345 e. The zero-order chi connectivity index (χ0) is 14.9. The molecule has 0 aromatic heterocycles. The monoisotopic (exact) mass is 304 g/mol. The number of nitrogens with one attached hydrogen (secondary N) is 1. The lowest BCUT2D eigenvalue weighted by Gasteiger charge is -2.40. The lowest BCUT2D eigenvalue weighted by atomic mass is 9.78. The predicted molar refractivity (Wildman–Crippen MR) is 67.8 cm³/mol. The summed E-state index contributed by atoms with van der Waals surface area (Å²) in [6, 6.07) is 1.07. The molecule has 20 heavy (non-hydrogen) atoms. The Labute approximate surface area is 118 Å². The lowest BCUT2D eigenvalue weighted by Crippen LogP contribution is -2.55. The Balaban J connectivity index is 2.32. The molecule has 108 valence electrons. The first-order chi connectivity index (χ1) is 9.38. The molecule has 5 nitrogen and oxygen atoms in total. The summed E-state index contributed by atoms with van der Waals surface area (Å²) in [5, 5.41) is 13.1. The average Bonchev–Trinajstić information content (AvgIpc) is 2.35. The van der Waals surface area contributed by atoms with Crippen LogP contribution in [0.15, 0.2) is 12.1 Å². The van der Waals surface area contributed by atoms with Crippen LogP contribution in [0.25, 0.3) is 0 Å². The smallest absolute Gasteiger partial charge is 0.308 e. The number of nitro groups is 1. The fourth-order valence-electron chi connectivity index (χ4n) is 2.08. The van der Waals surface area contributed by atoms with E-state index in [4.69, 9.17) is 11.6 Å². The highest BCUT2D eigenvalue weighted by molar-refractivity contribution is 6.19. The summed E-state index contributed by atoms with van der Waals surface area (Å²) < 4.78 is 27.1. The van der Waals surface area contributed by atoms with Crippen LogP contribution in [0.5, 0.6) is 0 Å². The number of amides is 1. The molecule has 0 radical (unpaired) electrons. The molecule has 1 amide bonds. The van der Waals surface area contributed by atoms with Crippen LogP contribution < -0.4 is 5.32 Å². The second-order valence-electron chi connectivity index (χ2n) is 4.77. The van der Waals surface area contributed by atoms with Crippen molar-refractivity contribution in [3.63, 3.8) is 0 Å². The van der Waals surface area contributed by atoms with Crippen molar-refractivity contribution in [2.24, 2.45) is 0 Å². The highest BCUT2D eigenvalue weighted by Crippen LogP contribution is 2.33. The first-order valence-electron chi connectivity index (χ1n) is 5.90. The van der Waals surface area contributed by atoms with Gasteiger partial charge in [0.2, 0.25) is 5.82 Å². The van der Waals surface area contributed by atoms with Crippen molar-refractivity contribution >= 4 is 23.2 Å². The maximum Gasteiger partial charge on any atom is 0.308 e. The van der Waals surface area contributed by atoms with Crippen molar-refractivity contribution < 1.29 is 18.5 Å². The first-order valence-corrected chi connectivity index (χ1v) is 6.44. The number of alkyl halides is 1. The Morgan fingerprint density at radius 1 is 1.45 bits per heavy atom. The molecule has 8 heteroatoms. The molecule has 1 aliphatic carbocycles. The van der Waals surface area contributed by atoms with Gasteiger partial charge in [-0.2, -0.15) is 4.39 Å². The fraction of sp³-hybridized carbons (Fsp3) is 0.417. The molecule has 2 rings (SSSR count). The van der Waals surface area contributed by atoms with Gasteiger partial charge in [0.25, 0.3) is 5.91 Å². The molecule has 1 saturated carbocycles. The maximum atomic E-state index is 13.9. The molecule has 0 saturated heterocycles. The van der Waals surface area contributed by atoms with Gasteiger partial charge in [-0.1, -0.05) is 0 Å². The van der Waals surface area contributed by atoms with Crippen molar-refractivity contribution in [3.05, 3.63) is 39.4 Å². The third-order valence-corrected chi connectivity index (χ3v) is 3.92. The number of halogens is 3. The summed E-state index contributed by atoms with van der Waals surface area (Å²) in [5.74, 6) is -3.14. The molecule has 0 heterocycles. The standard InChI is InChI=1S/C12H11ClF2N2O3/c13-6-12(2-1-3-12)16-11(18)8-4-7(14)5-9(10(8)15)17(19)20/h4-5H,1-3,6H2,(H,16,18). The number of nitrogens with zero attached hydrogens (tertiary/aromatic N) is 1. The number of hydrogen-bond donors (Lipinski definition) is 1. The van der Waals surface area contributed by atoms with E-state index in [1.54, 1.807) is 0 Å². The molecule has 1 N–H and O–H groups in total. The van der Waals surface area contributed by atoms with E-state index in [-0.39, 0.29) is 5.88 Å². The summed E-state index contributed by atoms with van der Waals surface area (Å²) in [6.07, 6.45) is 2.15. The van der Waals surface area contributed by atoms with Crippen molar-refractivity contribution in [1.29, 1.82) is 0 Å². The summed E-state index contributed by atoms with van der Waals surface area (Å²) in [6.45, 7) is 0. The lowest BCUT2D eigenvalue weighted by molar-refractivity contribution is -0.387. The van der Waals surface area contributed by atoms with Gasteiger partial charge in [-0.25, -0.2) is 4.39 Å². The predicted octanol–water partition coefficient (Wildman–Crippen LogP) is 2.76. The molecule has 1 aromatic rings. The van der Waals surface area contributed by atoms with Crippen LogP contribution >= 0.6 is 11.6 Å². The van der Waals surface area contributed by atoms with Crippen LogP contribution in [0.1, 0.15) is 29.6 Å². The molecule has 0 unspecified atom stereocenters. The molecule has 1 aromatic carbocycles. The molecule has 1 aliphatic rings. The Bertz CT molecular complexity index is 571. The van der Waals surface area contributed by atoms with Crippen LogP contribution in [0.3, 0.4) is 0 Å². The van der Waals surface area contributed by atoms with Crippen LogP contribution in [0.2, 0.25) is 0 Å². The summed E-state index contributed by atoms with van der Waals surface area (Å²) in [7, 11) is 0. The van der Waals surface area contributed by atoms with Crippen LogP contribution in [0.4, 0.5) is 14.5 Å². The SMILES string of the molecule is O=C(NC1(CCl)CCC1)c1cc(F)cc([N+](=O)[O-])c1F. The number of benzene rings is 1. The molecule has 0 aliphatic heterocycles. The Morgan fingerprint density at radius 3 is 2.55 bits per heavy atom. The van der Waals surface area contributed by atoms with E-state index in [0.29, 0.717) is 25.0 Å². The van der Waals surface area contributed by atoms with E-state index >= 15 is 0 Å². The molecule has 1 fully saturated rings. The highest BCUT2D eigenvalue weighted by Gasteiger charge is 2.38. The zero-order valence-electron chi connectivity index (χ0n) is 10.3. The Kier molecular flexibility index (Phi) is 3.89. The number of nitro benzene ring substituents is 1. The van der Waals surface area contributed by atoms with Gasteiger partial charge < -0.3 is 5.32 Å². The Morgan fingerprint density at radius 2 is 2.10 bits per heavy atom. The second-order valence-corrected chi connectivity index (χ2v) is 5.03. The minimum atomic E-state index is -1.35. The highest BCUT2D eigenvalue weighted by atomic mass is 35.5. The van der Waals surface area contributed by atoms with Crippen LogP contribution in [0, 0.1) is 21.7 Å². The number of carbonyl (C=O) groups excluding carboxylic acids is 1. The van der Waals surface area contributed by atoms with Crippen molar-refractivity contribution in [3.8, 4) is 0 Å². The maximum absolute atomic E-state index is 13.9. The van der Waals surface area contributed by atoms with E-state index < -0.39 is 39.3 Å². The molecule has 0 bridgehead atoms. The van der Waals surface area contributed by atoms with Gasteiger partial charge in [0.15, 0.2) is 0 Å². The number of hydrogen-bond acceptors (Lipinski definition) is 3. The zero-order valence-corrected chi connectivity index (χ0v) is 11.0. The summed E-state index contributed by atoms with van der Waals surface area (Å²) >= 11 is 5.75. The molecule has 0 spiro atoms. The van der Waals surface area contributed by atoms with Gasteiger partial charge in [-0.3, -0.25) is 14.9 Å². The fourth-order valence-corrected chi connectivity index (χ4v) is 2.41. The van der Waals surface area contributed by atoms with Crippen molar-refractivity contribution in [2.75, 3.05) is 5.88 Å².